The lowest BCUT2D eigenvalue weighted by molar-refractivity contribution is 0.588. The largest absolute Gasteiger partial charge is 0.591 e. The molecule has 0 aromatic carbocycles. The van der Waals surface area contributed by atoms with Gasteiger partial charge in [-0.3, -0.25) is 0 Å². The van der Waals surface area contributed by atoms with E-state index in [1.807, 2.05) is 0 Å². The summed E-state index contributed by atoms with van der Waals surface area (Å²) in [5.41, 5.74) is 0.564. The van der Waals surface area contributed by atoms with Crippen molar-refractivity contribution >= 4 is 43.0 Å². The van der Waals surface area contributed by atoms with E-state index >= 15 is 0 Å². The van der Waals surface area contributed by atoms with E-state index in [4.69, 9.17) is 0 Å². The second-order valence-corrected chi connectivity index (χ2v) is 10.7. The number of hydrogen-bond donors (Lipinski definition) is 0. The number of aromatic nitrogens is 1. The van der Waals surface area contributed by atoms with Crippen molar-refractivity contribution in [2.24, 2.45) is 4.40 Å². The molecular weight excluding hydrogens is 375 g/mol. The fourth-order valence-corrected chi connectivity index (χ4v) is 6.37. The topological polar surface area (TPSA) is 48.3 Å². The van der Waals surface area contributed by atoms with Crippen LogP contribution in [0.1, 0.15) is 33.4 Å². The molecule has 0 amide bonds. The van der Waals surface area contributed by atoms with Crippen molar-refractivity contribution in [2.45, 2.75) is 32.6 Å². The average Bonchev–Trinajstić information content (AvgIpc) is 2.43. The molecule has 0 bridgehead atoms. The zero-order valence-electron chi connectivity index (χ0n) is 13.1. The van der Waals surface area contributed by atoms with E-state index < -0.39 is 21.4 Å². The Balaban J connectivity index is 3.54. The van der Waals surface area contributed by atoms with E-state index in [1.54, 1.807) is 13.0 Å². The van der Waals surface area contributed by atoms with Crippen LogP contribution in [0.4, 0.5) is 4.39 Å². The van der Waals surface area contributed by atoms with E-state index in [9.17, 15) is 8.94 Å². The number of halogens is 2. The van der Waals surface area contributed by atoms with Crippen molar-refractivity contribution in [1.82, 2.24) is 4.98 Å². The highest BCUT2D eigenvalue weighted by molar-refractivity contribution is 9.10. The number of nitrogens with zero attached hydrogens (tertiary/aromatic N) is 2. The standard InChI is InChI=1S/C14H22BrFN2OS2/c1-6-21(7-2,8-3)11-9-12(15)17-14(13(11)16)10(4)18-20(5)19/h9H,6-8H2,1-5H3/b18-10+. The molecule has 1 atom stereocenters. The molecule has 120 valence electrons. The van der Waals surface area contributed by atoms with Gasteiger partial charge in [0, 0.05) is 4.90 Å². The van der Waals surface area contributed by atoms with Crippen molar-refractivity contribution in [1.29, 1.82) is 0 Å². The van der Waals surface area contributed by atoms with Gasteiger partial charge in [-0.05, 0) is 46.2 Å². The Kier molecular flexibility index (Phi) is 7.16. The van der Waals surface area contributed by atoms with Gasteiger partial charge in [-0.25, -0.2) is 19.4 Å². The molecule has 3 nitrogen and oxygen atoms in total. The molecule has 0 aliphatic carbocycles. The summed E-state index contributed by atoms with van der Waals surface area (Å²) in [7, 11) is -1.20. The van der Waals surface area contributed by atoms with Gasteiger partial charge in [-0.2, -0.15) is 0 Å². The Hall–Kier alpha value is -0.110. The third kappa shape index (κ3) is 4.21. The molecule has 1 aromatic rings. The number of rotatable bonds is 6. The van der Waals surface area contributed by atoms with Gasteiger partial charge < -0.3 is 4.55 Å². The van der Waals surface area contributed by atoms with Crippen molar-refractivity contribution in [3.63, 3.8) is 0 Å². The minimum Gasteiger partial charge on any atom is -0.591 e. The Morgan fingerprint density at radius 3 is 2.33 bits per heavy atom. The van der Waals surface area contributed by atoms with Crippen molar-refractivity contribution in [3.05, 3.63) is 22.2 Å². The normalized spacial score (nSPS) is 15.1. The molecule has 1 aromatic heterocycles. The van der Waals surface area contributed by atoms with E-state index in [1.165, 1.54) is 6.26 Å². The van der Waals surface area contributed by atoms with E-state index in [-0.39, 0.29) is 11.5 Å². The van der Waals surface area contributed by atoms with Crippen LogP contribution in [0.25, 0.3) is 0 Å². The number of pyridine rings is 1. The summed E-state index contributed by atoms with van der Waals surface area (Å²) in [6, 6.07) is 1.79. The van der Waals surface area contributed by atoms with Gasteiger partial charge in [0.15, 0.2) is 5.82 Å². The molecule has 0 N–H and O–H groups in total. The molecule has 1 rings (SSSR count). The van der Waals surface area contributed by atoms with Crippen molar-refractivity contribution in [2.75, 3.05) is 23.5 Å². The summed E-state index contributed by atoms with van der Waals surface area (Å²) in [5, 5.41) is 0. The van der Waals surface area contributed by atoms with Gasteiger partial charge in [0.1, 0.15) is 22.3 Å². The van der Waals surface area contributed by atoms with Gasteiger partial charge in [-0.15, -0.1) is 0 Å². The molecule has 1 heterocycles. The lowest BCUT2D eigenvalue weighted by Crippen LogP contribution is -2.15. The van der Waals surface area contributed by atoms with Crippen LogP contribution in [0, 0.1) is 5.82 Å². The molecule has 0 saturated heterocycles. The molecular formula is C14H22BrFN2OS2. The molecule has 0 spiro atoms. The zero-order chi connectivity index (χ0) is 16.2. The molecule has 0 radical (unpaired) electrons. The summed E-state index contributed by atoms with van der Waals surface area (Å²) in [5.74, 6) is 2.49. The van der Waals surface area contributed by atoms with Crippen molar-refractivity contribution in [3.8, 4) is 0 Å². The second-order valence-electron chi connectivity index (χ2n) is 4.62. The Bertz CT molecular complexity index is 526. The number of hydrogen-bond acceptors (Lipinski definition) is 3. The molecule has 0 aliphatic heterocycles. The third-order valence-electron chi connectivity index (χ3n) is 3.63. The van der Waals surface area contributed by atoms with Crippen LogP contribution in [-0.2, 0) is 11.4 Å². The molecule has 7 heteroatoms. The van der Waals surface area contributed by atoms with Gasteiger partial charge in [0.2, 0.25) is 0 Å². The van der Waals surface area contributed by atoms with Crippen LogP contribution in [0.3, 0.4) is 0 Å². The third-order valence-corrected chi connectivity index (χ3v) is 9.11. The summed E-state index contributed by atoms with van der Waals surface area (Å²) in [6.07, 6.45) is 1.46. The highest BCUT2D eigenvalue weighted by Gasteiger charge is 2.27. The summed E-state index contributed by atoms with van der Waals surface area (Å²) >= 11 is 2.00. The van der Waals surface area contributed by atoms with E-state index in [2.05, 4.69) is 46.1 Å². The Morgan fingerprint density at radius 2 is 1.90 bits per heavy atom. The van der Waals surface area contributed by atoms with Crippen LogP contribution in [0.15, 0.2) is 20.0 Å². The van der Waals surface area contributed by atoms with Gasteiger partial charge in [-0.1, -0.05) is 25.2 Å². The van der Waals surface area contributed by atoms with Crippen LogP contribution in [0.2, 0.25) is 0 Å². The molecule has 0 aliphatic rings. The monoisotopic (exact) mass is 396 g/mol. The van der Waals surface area contributed by atoms with Crippen LogP contribution >= 0.6 is 26.0 Å². The van der Waals surface area contributed by atoms with Crippen molar-refractivity contribution < 1.29 is 8.94 Å². The zero-order valence-corrected chi connectivity index (χ0v) is 16.3. The quantitative estimate of drug-likeness (QED) is 0.408. The molecule has 0 fully saturated rings. The fraction of sp³-hybridized carbons (Fsp3) is 0.571. The summed E-state index contributed by atoms with van der Waals surface area (Å²) in [4.78, 5) is 4.93. The lowest BCUT2D eigenvalue weighted by atomic mass is 10.2. The molecule has 21 heavy (non-hydrogen) atoms. The first-order valence-electron chi connectivity index (χ1n) is 6.83. The summed E-state index contributed by atoms with van der Waals surface area (Å²) in [6.45, 7) is 7.97. The molecule has 0 saturated carbocycles. The fourth-order valence-electron chi connectivity index (χ4n) is 2.35. The minimum absolute atomic E-state index is 0.196. The van der Waals surface area contributed by atoms with Crippen LogP contribution in [-0.4, -0.2) is 38.8 Å². The van der Waals surface area contributed by atoms with E-state index in [0.717, 1.165) is 22.2 Å². The molecule has 1 unspecified atom stereocenters. The maximum absolute atomic E-state index is 15.0. The average molecular weight is 397 g/mol. The Labute approximate surface area is 139 Å². The second kappa shape index (κ2) is 7.94. The van der Waals surface area contributed by atoms with Gasteiger partial charge in [0.05, 0.1) is 11.4 Å². The van der Waals surface area contributed by atoms with Gasteiger partial charge in [0.25, 0.3) is 0 Å². The van der Waals surface area contributed by atoms with E-state index in [0.29, 0.717) is 10.3 Å². The maximum atomic E-state index is 15.0. The SMILES string of the molecule is CCS(CC)(CC)c1cc(Br)nc(/C(C)=N/[S+](C)[O-])c1F. The smallest absolute Gasteiger partial charge is 0.163 e. The lowest BCUT2D eigenvalue weighted by Gasteiger charge is -2.38. The highest BCUT2D eigenvalue weighted by Crippen LogP contribution is 2.56. The predicted molar refractivity (Wildman–Crippen MR) is 95.7 cm³/mol. The Morgan fingerprint density at radius 1 is 1.38 bits per heavy atom. The maximum Gasteiger partial charge on any atom is 0.163 e. The summed E-state index contributed by atoms with van der Waals surface area (Å²) < 4.78 is 30.7. The van der Waals surface area contributed by atoms with Gasteiger partial charge >= 0.3 is 0 Å². The van der Waals surface area contributed by atoms with Crippen LogP contribution in [0.5, 0.6) is 0 Å². The highest BCUT2D eigenvalue weighted by atomic mass is 79.9. The first-order valence-corrected chi connectivity index (χ1v) is 11.3. The minimum atomic E-state index is -1.37. The first kappa shape index (κ1) is 18.9. The predicted octanol–water partition coefficient (Wildman–Crippen LogP) is 4.31. The first-order chi connectivity index (χ1) is 9.81. The van der Waals surface area contributed by atoms with Crippen LogP contribution < -0.4 is 0 Å².